The molecule has 4 rings (SSSR count). The number of rotatable bonds is 9. The van der Waals surface area contributed by atoms with Crippen molar-refractivity contribution >= 4 is 63.3 Å². The summed E-state index contributed by atoms with van der Waals surface area (Å²) in [7, 11) is 2.85. The van der Waals surface area contributed by atoms with E-state index in [0.29, 0.717) is 17.1 Å². The third-order valence-corrected chi connectivity index (χ3v) is 7.72. The summed E-state index contributed by atoms with van der Waals surface area (Å²) >= 11 is 8.60. The highest BCUT2D eigenvalue weighted by Crippen LogP contribution is 2.41. The van der Waals surface area contributed by atoms with E-state index in [-0.39, 0.29) is 34.7 Å². The zero-order chi connectivity index (χ0) is 25.8. The van der Waals surface area contributed by atoms with Crippen molar-refractivity contribution in [2.75, 3.05) is 31.6 Å². The molecule has 14 heteroatoms. The summed E-state index contributed by atoms with van der Waals surface area (Å²) in [5, 5.41) is 7.70. The molecular formula is C22H22ClN5O6S2. The Kier molecular flexibility index (Phi) is 8.01. The highest BCUT2D eigenvalue weighted by atomic mass is 35.5. The standard InChI is InChI=1S/C22H22ClN5O6S2/c1-32-13-5-3-11(4-6-13)8-34-21(31)17-12(7-23)9-35-20-16(19(30)28(17)20)26-18(29)15(27-33-2)14-10-36-22(24)25-14/h3-6,10,16,20H,7-9H2,1-2H3,(H2,24,25)(H,26,29)/t16-,20-/m1/s1. The topological polar surface area (TPSA) is 145 Å². The number of methoxy groups -OCH3 is 1. The molecule has 11 nitrogen and oxygen atoms in total. The van der Waals surface area contributed by atoms with E-state index in [1.54, 1.807) is 36.8 Å². The van der Waals surface area contributed by atoms with Crippen molar-refractivity contribution in [3.05, 3.63) is 52.2 Å². The van der Waals surface area contributed by atoms with E-state index < -0.39 is 29.2 Å². The third-order valence-electron chi connectivity index (χ3n) is 5.38. The maximum atomic E-state index is 13.1. The molecule has 3 heterocycles. The Morgan fingerprint density at radius 1 is 1.31 bits per heavy atom. The summed E-state index contributed by atoms with van der Waals surface area (Å²) in [5.74, 6) is -0.641. The van der Waals surface area contributed by atoms with E-state index in [1.807, 2.05) is 0 Å². The van der Waals surface area contributed by atoms with Crippen LogP contribution in [0.1, 0.15) is 11.3 Å². The number of amides is 2. The fourth-order valence-electron chi connectivity index (χ4n) is 3.62. The van der Waals surface area contributed by atoms with E-state index in [2.05, 4.69) is 15.5 Å². The van der Waals surface area contributed by atoms with Crippen LogP contribution in [-0.4, -0.2) is 70.6 Å². The van der Waals surface area contributed by atoms with Gasteiger partial charge in [0, 0.05) is 17.0 Å². The molecule has 0 unspecified atom stereocenters. The average molecular weight is 552 g/mol. The molecule has 0 aliphatic carbocycles. The number of halogens is 1. The summed E-state index contributed by atoms with van der Waals surface area (Å²) in [6.07, 6.45) is 0. The Bertz CT molecular complexity index is 1230. The predicted molar refractivity (Wildman–Crippen MR) is 136 cm³/mol. The molecule has 2 aromatic rings. The van der Waals surface area contributed by atoms with Gasteiger partial charge in [-0.1, -0.05) is 17.3 Å². The minimum atomic E-state index is -0.887. The number of oxime groups is 1. The summed E-state index contributed by atoms with van der Waals surface area (Å²) < 4.78 is 10.6. The molecule has 1 fully saturated rings. The van der Waals surface area contributed by atoms with Crippen molar-refractivity contribution < 1.29 is 28.7 Å². The number of nitrogens with zero attached hydrogens (tertiary/aromatic N) is 3. The lowest BCUT2D eigenvalue weighted by molar-refractivity contribution is -0.153. The summed E-state index contributed by atoms with van der Waals surface area (Å²) in [6, 6.07) is 6.18. The van der Waals surface area contributed by atoms with Crippen LogP contribution in [-0.2, 0) is 30.6 Å². The Balaban J connectivity index is 1.46. The molecule has 1 aromatic heterocycles. The number of carbonyl (C=O) groups excluding carboxylic acids is 3. The Hall–Kier alpha value is -3.29. The molecule has 0 saturated carbocycles. The van der Waals surface area contributed by atoms with Crippen molar-refractivity contribution in [1.29, 1.82) is 0 Å². The first-order valence-electron chi connectivity index (χ1n) is 10.5. The fraction of sp³-hybridized carbons (Fsp3) is 0.318. The molecule has 0 radical (unpaired) electrons. The van der Waals surface area contributed by atoms with Gasteiger partial charge in [-0.25, -0.2) is 9.78 Å². The van der Waals surface area contributed by atoms with Crippen molar-refractivity contribution in [3.63, 3.8) is 0 Å². The molecule has 36 heavy (non-hydrogen) atoms. The highest BCUT2D eigenvalue weighted by molar-refractivity contribution is 8.00. The molecule has 2 aliphatic rings. The molecule has 3 N–H and O–H groups in total. The van der Waals surface area contributed by atoms with Crippen LogP contribution in [0.4, 0.5) is 5.13 Å². The molecule has 1 saturated heterocycles. The van der Waals surface area contributed by atoms with Crippen LogP contribution < -0.4 is 15.8 Å². The van der Waals surface area contributed by atoms with Gasteiger partial charge in [-0.2, -0.15) is 0 Å². The van der Waals surface area contributed by atoms with Gasteiger partial charge in [0.2, 0.25) is 0 Å². The normalized spacial score (nSPS) is 19.4. The van der Waals surface area contributed by atoms with Gasteiger partial charge in [0.1, 0.15) is 42.3 Å². The Morgan fingerprint density at radius 3 is 2.67 bits per heavy atom. The van der Waals surface area contributed by atoms with E-state index in [0.717, 1.165) is 16.9 Å². The molecule has 2 aliphatic heterocycles. The molecule has 0 bridgehead atoms. The minimum absolute atomic E-state index is 0.00944. The minimum Gasteiger partial charge on any atom is -0.497 e. The molecule has 0 spiro atoms. The molecule has 2 atom stereocenters. The number of benzene rings is 1. The predicted octanol–water partition coefficient (Wildman–Crippen LogP) is 1.72. The van der Waals surface area contributed by atoms with Crippen LogP contribution >= 0.6 is 34.7 Å². The summed E-state index contributed by atoms with van der Waals surface area (Å²) in [5.41, 5.74) is 7.21. The lowest BCUT2D eigenvalue weighted by atomic mass is 10.0. The van der Waals surface area contributed by atoms with Crippen molar-refractivity contribution in [2.45, 2.75) is 18.0 Å². The van der Waals surface area contributed by atoms with Crippen LogP contribution in [0, 0.1) is 0 Å². The number of nitrogen functional groups attached to an aromatic ring is 1. The van der Waals surface area contributed by atoms with Crippen molar-refractivity contribution in [2.24, 2.45) is 5.16 Å². The SMILES string of the molecule is CON=C(C(=O)N[C@@H]1C(=O)N2C(C(=O)OCc3ccc(OC)cc3)=C(CCl)CS[C@H]12)c1csc(N)n1. The number of β-lactam (4-membered cyclic amide) rings is 1. The molecule has 2 amide bonds. The van der Waals surface area contributed by atoms with Gasteiger partial charge in [-0.15, -0.1) is 34.7 Å². The first-order valence-corrected chi connectivity index (χ1v) is 13.0. The lowest BCUT2D eigenvalue weighted by Crippen LogP contribution is -2.71. The maximum Gasteiger partial charge on any atom is 0.355 e. The number of ether oxygens (including phenoxy) is 2. The highest BCUT2D eigenvalue weighted by Gasteiger charge is 2.54. The van der Waals surface area contributed by atoms with Gasteiger partial charge in [0.25, 0.3) is 11.8 Å². The molecular weight excluding hydrogens is 530 g/mol. The number of anilines is 1. The summed E-state index contributed by atoms with van der Waals surface area (Å²) in [6.45, 7) is 0.00944. The van der Waals surface area contributed by atoms with Crippen LogP contribution in [0.3, 0.4) is 0 Å². The first-order chi connectivity index (χ1) is 17.4. The third kappa shape index (κ3) is 5.13. The number of esters is 1. The zero-order valence-corrected chi connectivity index (χ0v) is 21.6. The van der Waals surface area contributed by atoms with Crippen LogP contribution in [0.5, 0.6) is 5.75 Å². The van der Waals surface area contributed by atoms with Crippen LogP contribution in [0.15, 0.2) is 46.1 Å². The number of thioether (sulfide) groups is 1. The second-order valence-corrected chi connectivity index (χ2v) is 9.83. The van der Waals surface area contributed by atoms with Crippen LogP contribution in [0.2, 0.25) is 0 Å². The number of thiazole rings is 1. The van der Waals surface area contributed by atoms with Gasteiger partial charge in [0.15, 0.2) is 10.8 Å². The lowest BCUT2D eigenvalue weighted by Gasteiger charge is -2.49. The van der Waals surface area contributed by atoms with Crippen LogP contribution in [0.25, 0.3) is 0 Å². The second-order valence-electron chi connectivity index (χ2n) is 7.56. The molecule has 190 valence electrons. The number of hydrogen-bond donors (Lipinski definition) is 2. The van der Waals surface area contributed by atoms with Gasteiger partial charge in [-0.3, -0.25) is 14.5 Å². The number of fused-ring (bicyclic) bond motifs is 1. The summed E-state index contributed by atoms with van der Waals surface area (Å²) in [4.78, 5) is 49.1. The Morgan fingerprint density at radius 2 is 2.06 bits per heavy atom. The largest absolute Gasteiger partial charge is 0.497 e. The Labute approximate surface area is 219 Å². The monoisotopic (exact) mass is 551 g/mol. The number of hydrogen-bond acceptors (Lipinski definition) is 11. The van der Waals surface area contributed by atoms with Gasteiger partial charge in [-0.05, 0) is 23.3 Å². The smallest absolute Gasteiger partial charge is 0.355 e. The van der Waals surface area contributed by atoms with Gasteiger partial charge < -0.3 is 25.4 Å². The zero-order valence-electron chi connectivity index (χ0n) is 19.2. The maximum absolute atomic E-state index is 13.1. The van der Waals surface area contributed by atoms with E-state index >= 15 is 0 Å². The van der Waals surface area contributed by atoms with E-state index in [9.17, 15) is 14.4 Å². The second kappa shape index (κ2) is 11.2. The number of nitrogens with one attached hydrogen (secondary N) is 1. The van der Waals surface area contributed by atoms with Crippen molar-refractivity contribution in [1.82, 2.24) is 15.2 Å². The number of alkyl halides is 1. The number of nitrogens with two attached hydrogens (primary N) is 1. The van der Waals surface area contributed by atoms with Gasteiger partial charge in [0.05, 0.1) is 7.11 Å². The first kappa shape index (κ1) is 25.8. The fourth-order valence-corrected chi connectivity index (χ4v) is 5.84. The van der Waals surface area contributed by atoms with E-state index in [4.69, 9.17) is 31.6 Å². The number of aromatic nitrogens is 1. The van der Waals surface area contributed by atoms with Gasteiger partial charge >= 0.3 is 5.97 Å². The quantitative estimate of drug-likeness (QED) is 0.156. The molecule has 1 aromatic carbocycles. The average Bonchev–Trinajstić information content (AvgIpc) is 3.33. The van der Waals surface area contributed by atoms with E-state index in [1.165, 1.54) is 23.8 Å². The van der Waals surface area contributed by atoms with Crippen molar-refractivity contribution in [3.8, 4) is 5.75 Å². The number of carbonyl (C=O) groups is 3.